The van der Waals surface area contributed by atoms with Gasteiger partial charge >= 0.3 is 0 Å². The van der Waals surface area contributed by atoms with E-state index >= 15 is 0 Å². The Morgan fingerprint density at radius 2 is 1.77 bits per heavy atom. The fourth-order valence-corrected chi connectivity index (χ4v) is 2.93. The second-order valence-electron chi connectivity index (χ2n) is 5.64. The number of anilines is 1. The first-order valence-corrected chi connectivity index (χ1v) is 8.48. The summed E-state index contributed by atoms with van der Waals surface area (Å²) < 4.78 is 1.10. The third kappa shape index (κ3) is 4.31. The van der Waals surface area contributed by atoms with Gasteiger partial charge in [-0.1, -0.05) is 39.7 Å². The fraction of sp³-hybridized carbons (Fsp3) is 0.278. The van der Waals surface area contributed by atoms with Crippen LogP contribution in [0.25, 0.3) is 0 Å². The molecule has 0 amide bonds. The predicted octanol–water partition coefficient (Wildman–Crippen LogP) is 5.42. The Morgan fingerprint density at radius 3 is 2.45 bits per heavy atom. The number of halogens is 1. The van der Waals surface area contributed by atoms with E-state index in [1.807, 2.05) is 12.1 Å². The molecule has 2 N–H and O–H groups in total. The number of thiocarbonyl (C=S) groups is 1. The normalized spacial score (nSPS) is 11.9. The lowest BCUT2D eigenvalue weighted by atomic mass is 10.0. The van der Waals surface area contributed by atoms with E-state index in [2.05, 4.69) is 78.5 Å². The summed E-state index contributed by atoms with van der Waals surface area (Å²) in [6.45, 7) is 8.42. The van der Waals surface area contributed by atoms with Gasteiger partial charge in [0.15, 0.2) is 5.11 Å². The first-order chi connectivity index (χ1) is 10.4. The van der Waals surface area contributed by atoms with E-state index in [4.69, 9.17) is 12.2 Å². The second-order valence-corrected chi connectivity index (χ2v) is 6.91. The molecule has 1 atom stereocenters. The minimum absolute atomic E-state index is 0.163. The van der Waals surface area contributed by atoms with Crippen molar-refractivity contribution in [2.24, 2.45) is 0 Å². The third-order valence-electron chi connectivity index (χ3n) is 3.66. The van der Waals surface area contributed by atoms with Crippen LogP contribution in [0.15, 0.2) is 40.9 Å². The zero-order chi connectivity index (χ0) is 16.3. The smallest absolute Gasteiger partial charge is 0.171 e. The fourth-order valence-electron chi connectivity index (χ4n) is 2.39. The van der Waals surface area contributed by atoms with E-state index in [9.17, 15) is 0 Å². The number of hydrogen-bond acceptors (Lipinski definition) is 1. The van der Waals surface area contributed by atoms with Crippen LogP contribution in [-0.4, -0.2) is 5.11 Å². The largest absolute Gasteiger partial charge is 0.356 e. The highest BCUT2D eigenvalue weighted by Crippen LogP contribution is 2.21. The number of aryl methyl sites for hydroxylation is 3. The molecule has 22 heavy (non-hydrogen) atoms. The molecule has 0 unspecified atom stereocenters. The molecule has 0 aromatic heterocycles. The van der Waals surface area contributed by atoms with E-state index in [0.717, 1.165) is 10.2 Å². The summed E-state index contributed by atoms with van der Waals surface area (Å²) in [5.74, 6) is 0. The summed E-state index contributed by atoms with van der Waals surface area (Å²) in [7, 11) is 0. The molecule has 2 aromatic carbocycles. The van der Waals surface area contributed by atoms with Gasteiger partial charge in [-0.3, -0.25) is 0 Å². The highest BCUT2D eigenvalue weighted by atomic mass is 79.9. The lowest BCUT2D eigenvalue weighted by Crippen LogP contribution is -2.31. The van der Waals surface area contributed by atoms with Gasteiger partial charge in [-0.2, -0.15) is 0 Å². The number of benzene rings is 2. The van der Waals surface area contributed by atoms with Crippen LogP contribution in [0.2, 0.25) is 0 Å². The van der Waals surface area contributed by atoms with Crippen LogP contribution in [-0.2, 0) is 0 Å². The minimum atomic E-state index is 0.163. The lowest BCUT2D eigenvalue weighted by molar-refractivity contribution is 0.716. The highest BCUT2D eigenvalue weighted by molar-refractivity contribution is 9.10. The van der Waals surface area contributed by atoms with Crippen molar-refractivity contribution in [3.63, 3.8) is 0 Å². The van der Waals surface area contributed by atoms with Crippen molar-refractivity contribution in [3.05, 3.63) is 63.1 Å². The van der Waals surface area contributed by atoms with Crippen LogP contribution < -0.4 is 10.6 Å². The van der Waals surface area contributed by atoms with Gasteiger partial charge in [0.1, 0.15) is 0 Å². The molecule has 0 fully saturated rings. The topological polar surface area (TPSA) is 24.1 Å². The van der Waals surface area contributed by atoms with Crippen molar-refractivity contribution in [3.8, 4) is 0 Å². The van der Waals surface area contributed by atoms with Crippen LogP contribution in [0, 0.1) is 20.8 Å². The summed E-state index contributed by atoms with van der Waals surface area (Å²) in [5.41, 5.74) is 5.97. The van der Waals surface area contributed by atoms with Crippen molar-refractivity contribution in [1.82, 2.24) is 5.32 Å². The zero-order valence-corrected chi connectivity index (χ0v) is 15.7. The van der Waals surface area contributed by atoms with Gasteiger partial charge in [0.25, 0.3) is 0 Å². The molecule has 4 heteroatoms. The molecule has 0 radical (unpaired) electrons. The molecular formula is C18H21BrN2S. The van der Waals surface area contributed by atoms with Crippen molar-refractivity contribution < 1.29 is 0 Å². The number of rotatable bonds is 3. The van der Waals surface area contributed by atoms with E-state index < -0.39 is 0 Å². The number of hydrogen-bond donors (Lipinski definition) is 2. The Morgan fingerprint density at radius 1 is 1.05 bits per heavy atom. The SMILES string of the molecule is Cc1ccc(C)c([C@H](C)NC(=S)Nc2ccc(Br)c(C)c2)c1. The second kappa shape index (κ2) is 7.25. The molecule has 0 saturated heterocycles. The number of nitrogens with one attached hydrogen (secondary N) is 2. The molecule has 0 saturated carbocycles. The van der Waals surface area contributed by atoms with Crippen molar-refractivity contribution in [2.45, 2.75) is 33.7 Å². The minimum Gasteiger partial charge on any atom is -0.356 e. The molecule has 2 nitrogen and oxygen atoms in total. The quantitative estimate of drug-likeness (QED) is 0.699. The van der Waals surface area contributed by atoms with Crippen LogP contribution in [0.5, 0.6) is 0 Å². The predicted molar refractivity (Wildman–Crippen MR) is 103 cm³/mol. The molecule has 0 bridgehead atoms. The molecule has 0 aliphatic rings. The molecule has 116 valence electrons. The lowest BCUT2D eigenvalue weighted by Gasteiger charge is -2.20. The summed E-state index contributed by atoms with van der Waals surface area (Å²) in [4.78, 5) is 0. The van der Waals surface area contributed by atoms with Crippen molar-refractivity contribution in [2.75, 3.05) is 5.32 Å². The molecular weight excluding hydrogens is 356 g/mol. The van der Waals surface area contributed by atoms with Gasteiger partial charge in [0, 0.05) is 10.2 Å². The Kier molecular flexibility index (Phi) is 5.59. The first kappa shape index (κ1) is 17.0. The molecule has 2 aromatic rings. The first-order valence-electron chi connectivity index (χ1n) is 7.27. The monoisotopic (exact) mass is 376 g/mol. The van der Waals surface area contributed by atoms with E-state index in [1.165, 1.54) is 22.3 Å². The maximum atomic E-state index is 5.43. The standard InChI is InChI=1S/C18H21BrN2S/c1-11-5-6-12(2)16(9-11)14(4)20-18(22)21-15-7-8-17(19)13(3)10-15/h5-10,14H,1-4H3,(H2,20,21,22)/t14-/m0/s1. The average molecular weight is 377 g/mol. The third-order valence-corrected chi connectivity index (χ3v) is 4.77. The molecule has 0 heterocycles. The Bertz CT molecular complexity index is 697. The van der Waals surface area contributed by atoms with E-state index in [1.54, 1.807) is 0 Å². The van der Waals surface area contributed by atoms with Crippen molar-refractivity contribution in [1.29, 1.82) is 0 Å². The van der Waals surface area contributed by atoms with Gasteiger partial charge in [-0.25, -0.2) is 0 Å². The Labute approximate surface area is 146 Å². The molecule has 0 aliphatic heterocycles. The van der Waals surface area contributed by atoms with Gasteiger partial charge in [0.05, 0.1) is 6.04 Å². The van der Waals surface area contributed by atoms with Crippen LogP contribution >= 0.6 is 28.1 Å². The van der Waals surface area contributed by atoms with E-state index in [-0.39, 0.29) is 6.04 Å². The Balaban J connectivity index is 2.05. The van der Waals surface area contributed by atoms with Crippen LogP contribution in [0.4, 0.5) is 5.69 Å². The molecule has 2 rings (SSSR count). The van der Waals surface area contributed by atoms with Gasteiger partial charge < -0.3 is 10.6 Å². The van der Waals surface area contributed by atoms with E-state index in [0.29, 0.717) is 5.11 Å². The summed E-state index contributed by atoms with van der Waals surface area (Å²) >= 11 is 8.94. The van der Waals surface area contributed by atoms with Crippen molar-refractivity contribution >= 4 is 38.9 Å². The summed E-state index contributed by atoms with van der Waals surface area (Å²) in [5, 5.41) is 7.23. The molecule has 0 spiro atoms. The van der Waals surface area contributed by atoms with Gasteiger partial charge in [-0.15, -0.1) is 0 Å². The summed E-state index contributed by atoms with van der Waals surface area (Å²) in [6.07, 6.45) is 0. The maximum absolute atomic E-state index is 5.43. The molecule has 0 aliphatic carbocycles. The van der Waals surface area contributed by atoms with Crippen LogP contribution in [0.1, 0.15) is 35.2 Å². The maximum Gasteiger partial charge on any atom is 0.171 e. The highest BCUT2D eigenvalue weighted by Gasteiger charge is 2.10. The summed E-state index contributed by atoms with van der Waals surface area (Å²) in [6, 6.07) is 12.8. The Hall–Kier alpha value is -1.39. The van der Waals surface area contributed by atoms with Crippen LogP contribution in [0.3, 0.4) is 0 Å². The van der Waals surface area contributed by atoms with Gasteiger partial charge in [0.2, 0.25) is 0 Å². The zero-order valence-electron chi connectivity index (χ0n) is 13.3. The van der Waals surface area contributed by atoms with Gasteiger partial charge in [-0.05, 0) is 74.8 Å². The average Bonchev–Trinajstić information content (AvgIpc) is 2.45.